The van der Waals surface area contributed by atoms with Crippen molar-refractivity contribution in [3.05, 3.63) is 90.0 Å². The fourth-order valence-electron chi connectivity index (χ4n) is 4.05. The first-order chi connectivity index (χ1) is 16.1. The van der Waals surface area contributed by atoms with Gasteiger partial charge in [0.1, 0.15) is 0 Å². The van der Waals surface area contributed by atoms with Crippen LogP contribution in [0.25, 0.3) is 28.2 Å². The van der Waals surface area contributed by atoms with Gasteiger partial charge in [-0.2, -0.15) is 0 Å². The molecule has 0 aliphatic carbocycles. The maximum Gasteiger partial charge on any atom is 0.331 e. The van der Waals surface area contributed by atoms with Gasteiger partial charge in [0.25, 0.3) is 0 Å². The summed E-state index contributed by atoms with van der Waals surface area (Å²) < 4.78 is 17.9. The van der Waals surface area contributed by atoms with Gasteiger partial charge in [0, 0.05) is 24.0 Å². The largest absolute Gasteiger partial charge is 0.454 e. The van der Waals surface area contributed by atoms with Crippen LogP contribution >= 0.6 is 0 Å². The van der Waals surface area contributed by atoms with E-state index in [9.17, 15) is 9.59 Å². The van der Waals surface area contributed by atoms with Gasteiger partial charge in [-0.3, -0.25) is 4.79 Å². The Bertz CT molecular complexity index is 1380. The first kappa shape index (κ1) is 20.6. The van der Waals surface area contributed by atoms with E-state index >= 15 is 0 Å². The van der Waals surface area contributed by atoms with Crippen LogP contribution < -0.4 is 9.47 Å². The zero-order chi connectivity index (χ0) is 22.8. The van der Waals surface area contributed by atoms with Gasteiger partial charge in [-0.15, -0.1) is 0 Å². The van der Waals surface area contributed by atoms with Gasteiger partial charge in [0.2, 0.25) is 12.6 Å². The van der Waals surface area contributed by atoms with Gasteiger partial charge in [-0.1, -0.05) is 54.6 Å². The lowest BCUT2D eigenvalue weighted by molar-refractivity contribution is -0.136. The molecule has 0 radical (unpaired) electrons. The van der Waals surface area contributed by atoms with Crippen molar-refractivity contribution >= 4 is 28.7 Å². The van der Waals surface area contributed by atoms with E-state index in [0.29, 0.717) is 17.1 Å². The molecule has 5 rings (SSSR count). The number of hydrogen-bond donors (Lipinski definition) is 0. The third-order valence-corrected chi connectivity index (χ3v) is 5.59. The summed E-state index contributed by atoms with van der Waals surface area (Å²) in [4.78, 5) is 25.5. The topological polar surface area (TPSA) is 66.8 Å². The van der Waals surface area contributed by atoms with Gasteiger partial charge in [-0.05, 0) is 35.4 Å². The minimum atomic E-state index is -0.595. The average molecular weight is 439 g/mol. The Hall–Kier alpha value is -4.32. The van der Waals surface area contributed by atoms with Crippen molar-refractivity contribution in [3.63, 3.8) is 0 Å². The number of rotatable bonds is 6. The molecule has 0 atom stereocenters. The van der Waals surface area contributed by atoms with Crippen LogP contribution in [0.3, 0.4) is 0 Å². The number of ketones is 1. The van der Waals surface area contributed by atoms with Gasteiger partial charge in [0.05, 0.1) is 11.3 Å². The molecule has 4 aromatic rings. The highest BCUT2D eigenvalue weighted by atomic mass is 16.7. The molecule has 1 aromatic heterocycles. The van der Waals surface area contributed by atoms with Crippen molar-refractivity contribution in [1.82, 2.24) is 4.57 Å². The second-order valence-corrected chi connectivity index (χ2v) is 7.64. The average Bonchev–Trinajstić information content (AvgIpc) is 3.44. The quantitative estimate of drug-likeness (QED) is 0.240. The first-order valence-electron chi connectivity index (χ1n) is 10.5. The van der Waals surface area contributed by atoms with Gasteiger partial charge in [0.15, 0.2) is 18.1 Å². The van der Waals surface area contributed by atoms with Crippen LogP contribution in [0.5, 0.6) is 11.5 Å². The number of fused-ring (bicyclic) bond motifs is 2. The summed E-state index contributed by atoms with van der Waals surface area (Å²) in [5.74, 6) is 0.452. The van der Waals surface area contributed by atoms with Crippen molar-refractivity contribution in [1.29, 1.82) is 0 Å². The van der Waals surface area contributed by atoms with E-state index in [1.54, 1.807) is 18.2 Å². The van der Waals surface area contributed by atoms with Gasteiger partial charge in [-0.25, -0.2) is 4.79 Å². The van der Waals surface area contributed by atoms with E-state index in [4.69, 9.17) is 14.2 Å². The van der Waals surface area contributed by atoms with Crippen LogP contribution in [0.4, 0.5) is 0 Å². The summed E-state index contributed by atoms with van der Waals surface area (Å²) in [6.45, 7) is -0.163. The zero-order valence-corrected chi connectivity index (χ0v) is 18.0. The molecular weight excluding hydrogens is 418 g/mol. The molecule has 164 valence electrons. The molecule has 0 spiro atoms. The van der Waals surface area contributed by atoms with E-state index in [-0.39, 0.29) is 19.2 Å². The molecule has 0 unspecified atom stereocenters. The van der Waals surface area contributed by atoms with Crippen molar-refractivity contribution < 1.29 is 23.8 Å². The summed E-state index contributed by atoms with van der Waals surface area (Å²) in [5.41, 5.74) is 3.98. The lowest BCUT2D eigenvalue weighted by Gasteiger charge is -2.08. The number of esters is 1. The van der Waals surface area contributed by atoms with Crippen molar-refractivity contribution in [2.45, 2.75) is 0 Å². The maximum atomic E-state index is 13.2. The van der Waals surface area contributed by atoms with Crippen LogP contribution in [0.1, 0.15) is 15.9 Å². The highest BCUT2D eigenvalue weighted by molar-refractivity contribution is 6.14. The van der Waals surface area contributed by atoms with E-state index in [0.717, 1.165) is 27.7 Å². The summed E-state index contributed by atoms with van der Waals surface area (Å²) >= 11 is 0. The molecule has 0 N–H and O–H groups in total. The van der Waals surface area contributed by atoms with E-state index in [1.165, 1.54) is 6.08 Å². The monoisotopic (exact) mass is 439 g/mol. The van der Waals surface area contributed by atoms with E-state index < -0.39 is 5.97 Å². The molecule has 0 amide bonds. The fourth-order valence-corrected chi connectivity index (χ4v) is 4.05. The summed E-state index contributed by atoms with van der Waals surface area (Å²) in [7, 11) is 1.93. The highest BCUT2D eigenvalue weighted by Crippen LogP contribution is 2.34. The predicted molar refractivity (Wildman–Crippen MR) is 125 cm³/mol. The minimum Gasteiger partial charge on any atom is -0.454 e. The standard InChI is InChI=1S/C27H21NO5/c1-28-21-10-6-5-9-20(21)26(27(28)19-7-3-2-4-8-19)22(29)16-31-25(30)14-12-18-11-13-23-24(15-18)33-17-32-23/h2-15H,16-17H2,1H3/b14-12+. The Morgan fingerprint density at radius 1 is 0.970 bits per heavy atom. The smallest absolute Gasteiger partial charge is 0.331 e. The molecule has 6 heteroatoms. The van der Waals surface area contributed by atoms with Gasteiger partial charge < -0.3 is 18.8 Å². The van der Waals surface area contributed by atoms with Crippen LogP contribution in [0.2, 0.25) is 0 Å². The molecule has 0 fully saturated rings. The number of Topliss-reactive ketones (excluding diaryl/α,β-unsaturated/α-hetero) is 1. The summed E-state index contributed by atoms with van der Waals surface area (Å²) in [6.07, 6.45) is 2.91. The molecular formula is C27H21NO5. The zero-order valence-electron chi connectivity index (χ0n) is 18.0. The van der Waals surface area contributed by atoms with Crippen LogP contribution in [0, 0.1) is 0 Å². The number of benzene rings is 3. The number of nitrogens with zero attached hydrogens (tertiary/aromatic N) is 1. The number of carbonyl (C=O) groups excluding carboxylic acids is 2. The molecule has 2 heterocycles. The summed E-state index contributed by atoms with van der Waals surface area (Å²) in [6, 6.07) is 22.8. The van der Waals surface area contributed by atoms with E-state index in [1.807, 2.05) is 72.3 Å². The van der Waals surface area contributed by atoms with Crippen molar-refractivity contribution in [3.8, 4) is 22.8 Å². The van der Waals surface area contributed by atoms with Gasteiger partial charge >= 0.3 is 5.97 Å². The second kappa shape index (κ2) is 8.67. The molecule has 0 saturated carbocycles. The molecule has 0 bridgehead atoms. The van der Waals surface area contributed by atoms with Crippen molar-refractivity contribution in [2.24, 2.45) is 7.05 Å². The minimum absolute atomic E-state index is 0.186. The van der Waals surface area contributed by atoms with Crippen LogP contribution in [0.15, 0.2) is 78.9 Å². The number of aryl methyl sites for hydroxylation is 1. The third kappa shape index (κ3) is 3.99. The maximum absolute atomic E-state index is 13.2. The normalized spacial score (nSPS) is 12.4. The van der Waals surface area contributed by atoms with Crippen molar-refractivity contribution in [2.75, 3.05) is 13.4 Å². The second-order valence-electron chi connectivity index (χ2n) is 7.64. The Kier molecular flexibility index (Phi) is 5.40. The first-order valence-corrected chi connectivity index (χ1v) is 10.5. The van der Waals surface area contributed by atoms with Crippen LogP contribution in [-0.4, -0.2) is 29.7 Å². The molecule has 33 heavy (non-hydrogen) atoms. The Morgan fingerprint density at radius 3 is 2.58 bits per heavy atom. The van der Waals surface area contributed by atoms with Crippen LogP contribution in [-0.2, 0) is 16.6 Å². The summed E-state index contributed by atoms with van der Waals surface area (Å²) in [5, 5.41) is 0.829. The molecule has 3 aromatic carbocycles. The fraction of sp³-hybridized carbons (Fsp3) is 0.111. The SMILES string of the molecule is Cn1c(-c2ccccc2)c(C(=O)COC(=O)/C=C/c2ccc3c(c2)OCO3)c2ccccc21. The number of hydrogen-bond acceptors (Lipinski definition) is 5. The number of carbonyl (C=O) groups is 2. The predicted octanol–water partition coefficient (Wildman–Crippen LogP) is 5.01. The lowest BCUT2D eigenvalue weighted by Crippen LogP contribution is -2.13. The Labute approximate surface area is 190 Å². The Morgan fingerprint density at radius 2 is 1.73 bits per heavy atom. The lowest BCUT2D eigenvalue weighted by atomic mass is 10.0. The number of para-hydroxylation sites is 1. The number of ether oxygens (including phenoxy) is 3. The molecule has 1 aliphatic heterocycles. The highest BCUT2D eigenvalue weighted by Gasteiger charge is 2.22. The molecule has 1 aliphatic rings. The Balaban J connectivity index is 1.36. The molecule has 6 nitrogen and oxygen atoms in total. The molecule has 0 saturated heterocycles. The third-order valence-electron chi connectivity index (χ3n) is 5.59. The van der Waals surface area contributed by atoms with E-state index in [2.05, 4.69) is 0 Å². The number of aromatic nitrogens is 1.